The number of nitrogens with zero attached hydrogens (tertiary/aromatic N) is 8. The van der Waals surface area contributed by atoms with Gasteiger partial charge in [-0.05, 0) is 87.2 Å². The lowest BCUT2D eigenvalue weighted by atomic mass is 9.85. The molecule has 65 heavy (non-hydrogen) atoms. The number of morpholine rings is 1. The maximum absolute atomic E-state index is 14.3. The topological polar surface area (TPSA) is 188 Å². The zero-order valence-electron chi connectivity index (χ0n) is 35.8. The number of anilines is 3. The average Bonchev–Trinajstić information content (AvgIpc) is 4.15. The fourth-order valence-corrected chi connectivity index (χ4v) is 10.1. The number of nitrogens with one attached hydrogen (secondary N) is 3. The van der Waals surface area contributed by atoms with E-state index in [1.54, 1.807) is 29.1 Å². The molecule has 1 saturated carbocycles. The Labute approximate surface area is 372 Å². The van der Waals surface area contributed by atoms with Crippen molar-refractivity contribution < 1.29 is 37.5 Å². The number of ether oxygens (including phenoxy) is 1. The summed E-state index contributed by atoms with van der Waals surface area (Å²) in [5.41, 5.74) is 3.29. The number of halogens is 2. The Morgan fingerprint density at radius 3 is 2.51 bits per heavy atom. The lowest BCUT2D eigenvalue weighted by Crippen LogP contribution is -2.54. The first-order chi connectivity index (χ1) is 31.5. The molecule has 5 aliphatic rings. The van der Waals surface area contributed by atoms with Crippen LogP contribution in [0.25, 0.3) is 5.65 Å². The molecular weight excluding hydrogens is 841 g/mol. The van der Waals surface area contributed by atoms with E-state index in [9.17, 15) is 32.8 Å². The molecule has 338 valence electrons. The van der Waals surface area contributed by atoms with Crippen LogP contribution in [-0.4, -0.2) is 115 Å². The fourth-order valence-electron chi connectivity index (χ4n) is 10.1. The third-order valence-corrected chi connectivity index (χ3v) is 13.4. The van der Waals surface area contributed by atoms with Crippen molar-refractivity contribution in [1.82, 2.24) is 39.5 Å². The molecule has 0 spiro atoms. The van der Waals surface area contributed by atoms with Crippen molar-refractivity contribution in [3.63, 3.8) is 0 Å². The van der Waals surface area contributed by atoms with Crippen LogP contribution in [0.3, 0.4) is 0 Å². The molecule has 3 aromatic heterocycles. The number of piperidine rings is 1. The molecule has 0 radical (unpaired) electrons. The standard InChI is InChI=1S/C46H49F2N11O6/c1-55(21-27-7-5-26(6-8-27)15-17-49-34-4-2-3-32-39(34)46(64)59(45(32)63)36-13-14-38(60)53-44(36)62)22-28-9-11-29(12-10-28)58-24-35(40(54-58)41(47)48)51-43(61)33-20-50-57-18-16-37(52-42(33)57)56-23-31-19-30(56)25-65-31/h2-8,16,18,20,24,28-31,36,41,49H,9-15,17,19,21-23,25H2,1H3,(H,51,61)(H,53,60,62)/t28-,29-,30-,31-,36?/m1/s1. The van der Waals surface area contributed by atoms with Crippen LogP contribution in [0, 0.1) is 5.92 Å². The summed E-state index contributed by atoms with van der Waals surface area (Å²) in [6.45, 7) is 3.51. The number of amides is 5. The van der Waals surface area contributed by atoms with Gasteiger partial charge in [-0.15, -0.1) is 0 Å². The molecule has 3 N–H and O–H groups in total. The molecule has 10 rings (SSSR count). The Bertz CT molecular complexity index is 2680. The first-order valence-electron chi connectivity index (χ1n) is 22.2. The molecule has 4 aliphatic heterocycles. The zero-order valence-corrected chi connectivity index (χ0v) is 35.8. The van der Waals surface area contributed by atoms with Crippen LogP contribution < -0.4 is 20.9 Å². The molecule has 1 aliphatic carbocycles. The van der Waals surface area contributed by atoms with E-state index >= 15 is 0 Å². The van der Waals surface area contributed by atoms with Crippen LogP contribution in [0.15, 0.2) is 67.1 Å². The van der Waals surface area contributed by atoms with Gasteiger partial charge in [0, 0.05) is 50.7 Å². The first kappa shape index (κ1) is 42.4. The number of hydrogen-bond acceptors (Lipinski definition) is 12. The maximum atomic E-state index is 14.3. The summed E-state index contributed by atoms with van der Waals surface area (Å²) in [5, 5.41) is 16.8. The van der Waals surface area contributed by atoms with Gasteiger partial charge in [0.25, 0.3) is 24.1 Å². The van der Waals surface area contributed by atoms with Gasteiger partial charge in [-0.1, -0.05) is 30.3 Å². The molecule has 5 aromatic rings. The van der Waals surface area contributed by atoms with Crippen LogP contribution in [0.1, 0.15) is 105 Å². The van der Waals surface area contributed by atoms with Crippen molar-refractivity contribution in [3.8, 4) is 0 Å². The van der Waals surface area contributed by atoms with E-state index in [2.05, 4.69) is 67.3 Å². The lowest BCUT2D eigenvalue weighted by molar-refractivity contribution is -0.136. The summed E-state index contributed by atoms with van der Waals surface area (Å²) in [4.78, 5) is 74.5. The van der Waals surface area contributed by atoms with E-state index < -0.39 is 47.7 Å². The Balaban J connectivity index is 0.695. The van der Waals surface area contributed by atoms with Gasteiger partial charge in [-0.2, -0.15) is 10.2 Å². The highest BCUT2D eigenvalue weighted by molar-refractivity contribution is 6.25. The summed E-state index contributed by atoms with van der Waals surface area (Å²) in [7, 11) is 2.10. The van der Waals surface area contributed by atoms with Crippen LogP contribution >= 0.6 is 0 Å². The minimum Gasteiger partial charge on any atom is -0.384 e. The third kappa shape index (κ3) is 8.33. The minimum atomic E-state index is -2.87. The molecule has 3 atom stereocenters. The lowest BCUT2D eigenvalue weighted by Gasteiger charge is -2.31. The Hall–Kier alpha value is -6.60. The predicted octanol–water partition coefficient (Wildman–Crippen LogP) is 5.01. The highest BCUT2D eigenvalue weighted by Crippen LogP contribution is 2.37. The number of aromatic nitrogens is 5. The normalized spacial score (nSPS) is 23.0. The molecule has 5 amide bonds. The molecule has 2 bridgehead atoms. The number of carbonyl (C=O) groups is 5. The van der Waals surface area contributed by atoms with E-state index in [1.165, 1.54) is 16.9 Å². The molecule has 3 saturated heterocycles. The van der Waals surface area contributed by atoms with Crippen LogP contribution in [0.2, 0.25) is 0 Å². The van der Waals surface area contributed by atoms with Crippen molar-refractivity contribution >= 4 is 52.4 Å². The quantitative estimate of drug-likeness (QED) is 0.127. The zero-order chi connectivity index (χ0) is 44.9. The number of fused-ring (bicyclic) bond motifs is 4. The monoisotopic (exact) mass is 889 g/mol. The maximum Gasteiger partial charge on any atom is 0.284 e. The Kier molecular flexibility index (Phi) is 11.3. The summed E-state index contributed by atoms with van der Waals surface area (Å²) < 4.78 is 37.4. The number of rotatable bonds is 14. The van der Waals surface area contributed by atoms with Crippen molar-refractivity contribution in [2.75, 3.05) is 48.8 Å². The second-order valence-corrected chi connectivity index (χ2v) is 17.8. The van der Waals surface area contributed by atoms with E-state index in [1.807, 2.05) is 6.07 Å². The number of hydrogen-bond donors (Lipinski definition) is 3. The van der Waals surface area contributed by atoms with Gasteiger partial charge in [0.2, 0.25) is 11.8 Å². The number of alkyl halides is 2. The minimum absolute atomic E-state index is 0.0210. The number of carbonyl (C=O) groups excluding carboxylic acids is 5. The van der Waals surface area contributed by atoms with Crippen molar-refractivity contribution in [2.24, 2.45) is 5.92 Å². The van der Waals surface area contributed by atoms with Crippen molar-refractivity contribution in [1.29, 1.82) is 0 Å². The van der Waals surface area contributed by atoms with Gasteiger partial charge in [0.1, 0.15) is 17.4 Å². The average molecular weight is 890 g/mol. The van der Waals surface area contributed by atoms with Gasteiger partial charge in [0.15, 0.2) is 11.3 Å². The van der Waals surface area contributed by atoms with Gasteiger partial charge in [-0.3, -0.25) is 38.9 Å². The number of imide groups is 2. The molecule has 7 heterocycles. The molecule has 17 nitrogen and oxygen atoms in total. The van der Waals surface area contributed by atoms with Crippen molar-refractivity contribution in [2.45, 2.75) is 88.6 Å². The SMILES string of the molecule is CN(Cc1ccc(CCNc2cccc3c2C(=O)N(C2CCC(=O)NC2=O)C3=O)cc1)C[C@H]1CC[C@H](n2cc(NC(=O)c3cnn4ccc(N5C[C@H]6C[C@@H]5CO6)nc34)c(C(F)F)n2)CC1. The molecule has 19 heteroatoms. The molecule has 4 fully saturated rings. The Morgan fingerprint density at radius 2 is 1.77 bits per heavy atom. The summed E-state index contributed by atoms with van der Waals surface area (Å²) in [6, 6.07) is 14.4. The van der Waals surface area contributed by atoms with Gasteiger partial charge >= 0.3 is 0 Å². The van der Waals surface area contributed by atoms with E-state index in [0.29, 0.717) is 36.8 Å². The second kappa shape index (κ2) is 17.4. The fraction of sp³-hybridized carbons (Fsp3) is 0.435. The Morgan fingerprint density at radius 1 is 0.969 bits per heavy atom. The van der Waals surface area contributed by atoms with Crippen LogP contribution in [0.5, 0.6) is 0 Å². The molecular formula is C46H49F2N11O6. The highest BCUT2D eigenvalue weighted by atomic mass is 19.3. The largest absolute Gasteiger partial charge is 0.384 e. The van der Waals surface area contributed by atoms with Crippen LogP contribution in [0.4, 0.5) is 26.0 Å². The van der Waals surface area contributed by atoms with Gasteiger partial charge < -0.3 is 25.2 Å². The van der Waals surface area contributed by atoms with Gasteiger partial charge in [-0.25, -0.2) is 18.3 Å². The smallest absolute Gasteiger partial charge is 0.284 e. The summed E-state index contributed by atoms with van der Waals surface area (Å²) in [6.07, 6.45) is 7.11. The van der Waals surface area contributed by atoms with E-state index in [0.717, 1.165) is 73.6 Å². The summed E-state index contributed by atoms with van der Waals surface area (Å²) >= 11 is 0. The summed E-state index contributed by atoms with van der Waals surface area (Å²) in [5.74, 6) is -1.57. The van der Waals surface area contributed by atoms with E-state index in [4.69, 9.17) is 9.72 Å². The number of benzene rings is 2. The van der Waals surface area contributed by atoms with Gasteiger partial charge in [0.05, 0.1) is 47.8 Å². The van der Waals surface area contributed by atoms with E-state index in [-0.39, 0.29) is 53.4 Å². The molecule has 1 unspecified atom stereocenters. The predicted molar refractivity (Wildman–Crippen MR) is 233 cm³/mol. The first-order valence-corrected chi connectivity index (χ1v) is 22.2. The third-order valence-electron chi connectivity index (χ3n) is 13.4. The highest BCUT2D eigenvalue weighted by Gasteiger charge is 2.46. The van der Waals surface area contributed by atoms with Crippen molar-refractivity contribution in [3.05, 3.63) is 101 Å². The van der Waals surface area contributed by atoms with Crippen LogP contribution in [-0.2, 0) is 27.3 Å². The second-order valence-electron chi connectivity index (χ2n) is 17.8. The molecule has 2 aromatic carbocycles.